The maximum absolute atomic E-state index is 11.6. The summed E-state index contributed by atoms with van der Waals surface area (Å²) in [6.07, 6.45) is 10.9. The molecule has 0 unspecified atom stereocenters. The van der Waals surface area contributed by atoms with Crippen molar-refractivity contribution >= 4 is 23.7 Å². The molecule has 0 bridgehead atoms. The van der Waals surface area contributed by atoms with Gasteiger partial charge in [-0.2, -0.15) is 0 Å². The van der Waals surface area contributed by atoms with Gasteiger partial charge in [0.15, 0.2) is 0 Å². The van der Waals surface area contributed by atoms with Crippen molar-refractivity contribution < 1.29 is 9.53 Å². The molecule has 1 aliphatic rings. The van der Waals surface area contributed by atoms with Gasteiger partial charge in [0.05, 0.1) is 12.7 Å². The van der Waals surface area contributed by atoms with Gasteiger partial charge in [-0.05, 0) is 64.4 Å². The molecule has 158 valence electrons. The lowest BCUT2D eigenvalue weighted by atomic mass is 9.73. The number of aromatic nitrogens is 1. The van der Waals surface area contributed by atoms with Crippen LogP contribution in [0.15, 0.2) is 73.1 Å². The minimum absolute atomic E-state index is 0.0702. The summed E-state index contributed by atoms with van der Waals surface area (Å²) in [4.78, 5) is 15.8. The largest absolute Gasteiger partial charge is 0.465 e. The van der Waals surface area contributed by atoms with Crippen molar-refractivity contribution in [2.24, 2.45) is 0 Å². The van der Waals surface area contributed by atoms with Gasteiger partial charge in [-0.1, -0.05) is 68.2 Å². The maximum atomic E-state index is 11.6. The Bertz CT molecular complexity index is 1250. The van der Waals surface area contributed by atoms with Crippen molar-refractivity contribution in [3.05, 3.63) is 106 Å². The first-order valence-corrected chi connectivity index (χ1v) is 10.6. The van der Waals surface area contributed by atoms with E-state index in [1.165, 1.54) is 18.2 Å². The number of ether oxygens (including phenoxy) is 1. The fourth-order valence-corrected chi connectivity index (χ4v) is 3.79. The zero-order valence-electron chi connectivity index (χ0n) is 18.6. The van der Waals surface area contributed by atoms with Gasteiger partial charge >= 0.3 is 5.97 Å². The van der Waals surface area contributed by atoms with Crippen LogP contribution < -0.4 is 0 Å². The Kier molecular flexibility index (Phi) is 6.05. The average Bonchev–Trinajstić information content (AvgIpc) is 2.82. The molecule has 0 radical (unpaired) electrons. The molecule has 2 aromatic carbocycles. The number of carbonyl (C=O) groups excluding carboxylic acids is 1. The second-order valence-corrected chi connectivity index (χ2v) is 8.45. The van der Waals surface area contributed by atoms with Gasteiger partial charge in [0, 0.05) is 23.5 Å². The molecular formula is C29H25NO2. The number of fused-ring (bicyclic) bond motifs is 1. The summed E-state index contributed by atoms with van der Waals surface area (Å²) in [5, 5.41) is 0. The number of nitrogens with zero attached hydrogens (tertiary/aromatic N) is 1. The molecule has 32 heavy (non-hydrogen) atoms. The van der Waals surface area contributed by atoms with Gasteiger partial charge in [0.1, 0.15) is 0 Å². The van der Waals surface area contributed by atoms with E-state index in [4.69, 9.17) is 4.74 Å². The number of benzene rings is 2. The quantitative estimate of drug-likeness (QED) is 0.290. The zero-order valence-corrected chi connectivity index (χ0v) is 18.6. The summed E-state index contributed by atoms with van der Waals surface area (Å²) in [7, 11) is 1.39. The number of hydrogen-bond donors (Lipinski definition) is 0. The first-order chi connectivity index (χ1) is 15.5. The van der Waals surface area contributed by atoms with Crippen LogP contribution in [0.3, 0.4) is 0 Å². The van der Waals surface area contributed by atoms with Gasteiger partial charge in [-0.25, -0.2) is 4.79 Å². The maximum Gasteiger partial charge on any atom is 0.337 e. The third-order valence-electron chi connectivity index (χ3n) is 5.68. The van der Waals surface area contributed by atoms with Crippen molar-refractivity contribution in [1.29, 1.82) is 0 Å². The smallest absolute Gasteiger partial charge is 0.337 e. The van der Waals surface area contributed by atoms with Crippen molar-refractivity contribution in [3.8, 4) is 11.8 Å². The number of carbonyl (C=O) groups is 1. The Morgan fingerprint density at radius 3 is 2.50 bits per heavy atom. The van der Waals surface area contributed by atoms with E-state index in [2.05, 4.69) is 61.0 Å². The summed E-state index contributed by atoms with van der Waals surface area (Å²) in [5.41, 5.74) is 7.20. The lowest BCUT2D eigenvalue weighted by Gasteiger charge is -2.31. The molecule has 0 aliphatic heterocycles. The van der Waals surface area contributed by atoms with E-state index in [1.54, 1.807) is 24.5 Å². The van der Waals surface area contributed by atoms with Gasteiger partial charge in [-0.3, -0.25) is 4.98 Å². The normalized spacial score (nSPS) is 14.2. The highest BCUT2D eigenvalue weighted by Gasteiger charge is 2.27. The molecule has 0 atom stereocenters. The molecule has 0 amide bonds. The Morgan fingerprint density at radius 1 is 1.03 bits per heavy atom. The fourth-order valence-electron chi connectivity index (χ4n) is 3.79. The Morgan fingerprint density at radius 2 is 1.78 bits per heavy atom. The Balaban J connectivity index is 1.63. The summed E-state index contributed by atoms with van der Waals surface area (Å²) in [6.45, 7) is 4.54. The van der Waals surface area contributed by atoms with Gasteiger partial charge in [0.2, 0.25) is 0 Å². The first-order valence-electron chi connectivity index (χ1n) is 10.6. The number of pyridine rings is 1. The third-order valence-corrected chi connectivity index (χ3v) is 5.68. The topological polar surface area (TPSA) is 39.2 Å². The molecule has 0 spiro atoms. The number of allylic oxidation sites excluding steroid dienone is 2. The minimum Gasteiger partial charge on any atom is -0.465 e. The van der Waals surface area contributed by atoms with Crippen molar-refractivity contribution in [2.75, 3.05) is 7.11 Å². The molecule has 3 heteroatoms. The van der Waals surface area contributed by atoms with Crippen LogP contribution >= 0.6 is 0 Å². The minimum atomic E-state index is -0.329. The molecule has 0 N–H and O–H groups in total. The van der Waals surface area contributed by atoms with Crippen molar-refractivity contribution in [1.82, 2.24) is 4.98 Å². The van der Waals surface area contributed by atoms with E-state index in [0.29, 0.717) is 5.56 Å². The first kappa shape index (κ1) is 21.3. The van der Waals surface area contributed by atoms with Crippen LogP contribution in [0.1, 0.15) is 58.4 Å². The van der Waals surface area contributed by atoms with E-state index in [1.807, 2.05) is 30.3 Å². The van der Waals surface area contributed by atoms with E-state index in [9.17, 15) is 4.79 Å². The number of esters is 1. The van der Waals surface area contributed by atoms with E-state index in [0.717, 1.165) is 28.7 Å². The van der Waals surface area contributed by atoms with Crippen LogP contribution in [-0.2, 0) is 10.2 Å². The van der Waals surface area contributed by atoms with Crippen LogP contribution in [-0.4, -0.2) is 18.1 Å². The zero-order chi connectivity index (χ0) is 22.6. The van der Waals surface area contributed by atoms with Gasteiger partial charge in [-0.15, -0.1) is 0 Å². The number of methoxy groups -OCH3 is 1. The fraction of sp³-hybridized carbons (Fsp3) is 0.172. The van der Waals surface area contributed by atoms with Gasteiger partial charge in [0.25, 0.3) is 0 Å². The summed E-state index contributed by atoms with van der Waals surface area (Å²) < 4.78 is 4.76. The predicted octanol–water partition coefficient (Wildman–Crippen LogP) is 6.16. The Hall–Kier alpha value is -3.90. The van der Waals surface area contributed by atoms with E-state index < -0.39 is 0 Å². The molecule has 1 heterocycles. The molecule has 4 rings (SSSR count). The standard InChI is InChI=1S/C29H25NO2/c1-29(2)17-16-24(12-10-23-5-4-18-30-20-23)26-19-22(11-15-27(26)29)7-6-21-8-13-25(14-9-21)28(31)32-3/h4-9,11,13-16,18-20H,17H2,1-3H3. The van der Waals surface area contributed by atoms with Crippen molar-refractivity contribution in [2.45, 2.75) is 25.7 Å². The second-order valence-electron chi connectivity index (χ2n) is 8.45. The molecule has 3 aromatic rings. The van der Waals surface area contributed by atoms with Crippen LogP contribution in [0.2, 0.25) is 0 Å². The van der Waals surface area contributed by atoms with Gasteiger partial charge < -0.3 is 4.74 Å². The summed E-state index contributed by atoms with van der Waals surface area (Å²) in [5.74, 6) is 6.27. The molecular weight excluding hydrogens is 394 g/mol. The molecule has 1 aliphatic carbocycles. The highest BCUT2D eigenvalue weighted by molar-refractivity contribution is 5.90. The molecule has 0 saturated carbocycles. The number of hydrogen-bond acceptors (Lipinski definition) is 3. The molecule has 0 saturated heterocycles. The SMILES string of the molecule is COC(=O)c1ccc(C=Cc2ccc3c(c2)C(C#Cc2cccnc2)=CCC3(C)C)cc1. The van der Waals surface area contributed by atoms with Crippen LogP contribution in [0.5, 0.6) is 0 Å². The second kappa shape index (κ2) is 9.08. The number of rotatable bonds is 3. The van der Waals surface area contributed by atoms with Crippen LogP contribution in [0.4, 0.5) is 0 Å². The third kappa shape index (κ3) is 4.71. The average molecular weight is 420 g/mol. The molecule has 1 aromatic heterocycles. The highest BCUT2D eigenvalue weighted by atomic mass is 16.5. The lowest BCUT2D eigenvalue weighted by molar-refractivity contribution is 0.0600. The highest BCUT2D eigenvalue weighted by Crippen LogP contribution is 2.39. The summed E-state index contributed by atoms with van der Waals surface area (Å²) >= 11 is 0. The monoisotopic (exact) mass is 419 g/mol. The van der Waals surface area contributed by atoms with Crippen molar-refractivity contribution in [3.63, 3.8) is 0 Å². The molecule has 3 nitrogen and oxygen atoms in total. The molecule has 0 fully saturated rings. The van der Waals surface area contributed by atoms with Crippen LogP contribution in [0.25, 0.3) is 17.7 Å². The van der Waals surface area contributed by atoms with E-state index >= 15 is 0 Å². The lowest BCUT2D eigenvalue weighted by Crippen LogP contribution is -2.21. The summed E-state index contributed by atoms with van der Waals surface area (Å²) in [6, 6.07) is 17.8. The van der Waals surface area contributed by atoms with Crippen LogP contribution in [0, 0.1) is 11.8 Å². The van der Waals surface area contributed by atoms with E-state index in [-0.39, 0.29) is 11.4 Å². The predicted molar refractivity (Wildman–Crippen MR) is 130 cm³/mol. The Labute approximate surface area is 189 Å².